The summed E-state index contributed by atoms with van der Waals surface area (Å²) in [6.07, 6.45) is 4.23. The highest BCUT2D eigenvalue weighted by molar-refractivity contribution is 5.92. The van der Waals surface area contributed by atoms with E-state index < -0.39 is 17.5 Å². The van der Waals surface area contributed by atoms with Gasteiger partial charge >= 0.3 is 11.7 Å². The Kier molecular flexibility index (Phi) is 6.94. The van der Waals surface area contributed by atoms with E-state index in [1.165, 1.54) is 18.6 Å². The van der Waals surface area contributed by atoms with Crippen LogP contribution in [0.3, 0.4) is 0 Å². The van der Waals surface area contributed by atoms with Gasteiger partial charge in [0.05, 0.1) is 17.1 Å². The predicted molar refractivity (Wildman–Crippen MR) is 94.1 cm³/mol. The number of amides is 1. The van der Waals surface area contributed by atoms with Crippen LogP contribution in [0.2, 0.25) is 0 Å². The number of hydrogen-bond donors (Lipinski definition) is 1. The summed E-state index contributed by atoms with van der Waals surface area (Å²) in [5.74, 6) is -0.671. The number of nitrogens with one attached hydrogen (secondary N) is 1. The first-order valence-corrected chi connectivity index (χ1v) is 8.80. The number of benzene rings is 1. The van der Waals surface area contributed by atoms with Crippen molar-refractivity contribution in [1.82, 2.24) is 5.32 Å². The lowest BCUT2D eigenvalue weighted by atomic mass is 9.86. The standard InChI is InChI=1S/C18H24N2O6/c1-3-25-16-9-8-13(10-15(16)20(23)24)18(22)26-11-17(21)19-14-7-5-4-6-12(14)2/h8-10,12,14H,3-7,11H2,1-2H3,(H,19,21)/t12-,14-/m0/s1. The summed E-state index contributed by atoms with van der Waals surface area (Å²) in [5.41, 5.74) is -0.319. The highest BCUT2D eigenvalue weighted by Gasteiger charge is 2.24. The van der Waals surface area contributed by atoms with Crippen molar-refractivity contribution in [3.05, 3.63) is 33.9 Å². The predicted octanol–water partition coefficient (Wildman–Crippen LogP) is 2.85. The fourth-order valence-electron chi connectivity index (χ4n) is 3.06. The molecule has 1 fully saturated rings. The summed E-state index contributed by atoms with van der Waals surface area (Å²) in [5, 5.41) is 14.0. The number of carbonyl (C=O) groups excluding carboxylic acids is 2. The lowest BCUT2D eigenvalue weighted by Crippen LogP contribution is -2.42. The number of esters is 1. The minimum absolute atomic E-state index is 0.000938. The first-order chi connectivity index (χ1) is 12.4. The van der Waals surface area contributed by atoms with Gasteiger partial charge in [0.25, 0.3) is 5.91 Å². The third-order valence-corrected chi connectivity index (χ3v) is 4.48. The molecule has 0 bridgehead atoms. The first-order valence-electron chi connectivity index (χ1n) is 8.80. The molecule has 8 nitrogen and oxygen atoms in total. The van der Waals surface area contributed by atoms with Crippen molar-refractivity contribution in [1.29, 1.82) is 0 Å². The second-order valence-electron chi connectivity index (χ2n) is 6.38. The molecule has 0 heterocycles. The summed E-state index contributed by atoms with van der Waals surface area (Å²) in [4.78, 5) is 34.5. The first kappa shape index (κ1) is 19.7. The van der Waals surface area contributed by atoms with E-state index in [0.29, 0.717) is 5.92 Å². The van der Waals surface area contributed by atoms with Gasteiger partial charge in [-0.2, -0.15) is 0 Å². The minimum atomic E-state index is -0.789. The second-order valence-corrected chi connectivity index (χ2v) is 6.38. The van der Waals surface area contributed by atoms with Crippen molar-refractivity contribution in [3.8, 4) is 5.75 Å². The lowest BCUT2D eigenvalue weighted by molar-refractivity contribution is -0.385. The molecule has 0 unspecified atom stereocenters. The Morgan fingerprint density at radius 2 is 2.04 bits per heavy atom. The average Bonchev–Trinajstić information content (AvgIpc) is 2.62. The molecule has 1 aliphatic rings. The maximum atomic E-state index is 12.1. The number of hydrogen-bond acceptors (Lipinski definition) is 6. The van der Waals surface area contributed by atoms with Gasteiger partial charge in [-0.05, 0) is 37.8 Å². The number of rotatable bonds is 7. The van der Waals surface area contributed by atoms with Crippen molar-refractivity contribution >= 4 is 17.6 Å². The van der Waals surface area contributed by atoms with E-state index in [0.717, 1.165) is 25.3 Å². The van der Waals surface area contributed by atoms with Crippen molar-refractivity contribution in [2.75, 3.05) is 13.2 Å². The lowest BCUT2D eigenvalue weighted by Gasteiger charge is -2.29. The zero-order chi connectivity index (χ0) is 19.1. The molecule has 2 rings (SSSR count). The largest absolute Gasteiger partial charge is 0.487 e. The van der Waals surface area contributed by atoms with Gasteiger partial charge in [0.1, 0.15) is 0 Å². The number of nitro groups is 1. The molecule has 2 atom stereocenters. The van der Waals surface area contributed by atoms with E-state index in [1.807, 2.05) is 0 Å². The Morgan fingerprint density at radius 1 is 1.31 bits per heavy atom. The number of ether oxygens (including phenoxy) is 2. The number of nitrogens with zero attached hydrogens (tertiary/aromatic N) is 1. The van der Waals surface area contributed by atoms with E-state index in [-0.39, 0.29) is 35.6 Å². The molecule has 1 aromatic rings. The maximum Gasteiger partial charge on any atom is 0.338 e. The third-order valence-electron chi connectivity index (χ3n) is 4.48. The summed E-state index contributed by atoms with van der Waals surface area (Å²) in [6, 6.07) is 3.92. The molecule has 1 aromatic carbocycles. The van der Waals surface area contributed by atoms with Crippen molar-refractivity contribution in [3.63, 3.8) is 0 Å². The molecule has 142 valence electrons. The maximum absolute atomic E-state index is 12.1. The summed E-state index contributed by atoms with van der Waals surface area (Å²) >= 11 is 0. The van der Waals surface area contributed by atoms with Crippen LogP contribution in [0.5, 0.6) is 5.75 Å². The normalized spacial score (nSPS) is 19.5. The summed E-state index contributed by atoms with van der Waals surface area (Å²) < 4.78 is 10.2. The van der Waals surface area contributed by atoms with Crippen LogP contribution in [0.1, 0.15) is 49.9 Å². The van der Waals surface area contributed by atoms with E-state index in [4.69, 9.17) is 9.47 Å². The SMILES string of the molecule is CCOc1ccc(C(=O)OCC(=O)N[C@H]2CCCC[C@@H]2C)cc1[N+](=O)[O-]. The van der Waals surface area contributed by atoms with Crippen LogP contribution < -0.4 is 10.1 Å². The van der Waals surface area contributed by atoms with Crippen molar-refractivity contribution in [2.45, 2.75) is 45.6 Å². The summed E-state index contributed by atoms with van der Waals surface area (Å²) in [7, 11) is 0. The molecule has 26 heavy (non-hydrogen) atoms. The van der Waals surface area contributed by atoms with E-state index in [2.05, 4.69) is 12.2 Å². The average molecular weight is 364 g/mol. The van der Waals surface area contributed by atoms with Gasteiger partial charge in [-0.3, -0.25) is 14.9 Å². The fraction of sp³-hybridized carbons (Fsp3) is 0.556. The van der Waals surface area contributed by atoms with Gasteiger partial charge in [-0.1, -0.05) is 19.8 Å². The van der Waals surface area contributed by atoms with E-state index >= 15 is 0 Å². The van der Waals surface area contributed by atoms with Crippen LogP contribution in [0, 0.1) is 16.0 Å². The zero-order valence-electron chi connectivity index (χ0n) is 15.0. The highest BCUT2D eigenvalue weighted by Crippen LogP contribution is 2.28. The van der Waals surface area contributed by atoms with Gasteiger partial charge in [0, 0.05) is 12.1 Å². The van der Waals surface area contributed by atoms with Crippen LogP contribution in [-0.2, 0) is 9.53 Å². The monoisotopic (exact) mass is 364 g/mol. The summed E-state index contributed by atoms with van der Waals surface area (Å²) in [6.45, 7) is 3.65. The van der Waals surface area contributed by atoms with Crippen molar-refractivity contribution in [2.24, 2.45) is 5.92 Å². The third kappa shape index (κ3) is 5.18. The molecule has 0 saturated heterocycles. The Labute approximate surface area is 152 Å². The van der Waals surface area contributed by atoms with Crippen LogP contribution in [0.25, 0.3) is 0 Å². The number of nitro benzene ring substituents is 1. The highest BCUT2D eigenvalue weighted by atomic mass is 16.6. The molecule has 1 aliphatic carbocycles. The minimum Gasteiger partial charge on any atom is -0.487 e. The molecule has 1 saturated carbocycles. The van der Waals surface area contributed by atoms with E-state index in [1.54, 1.807) is 6.92 Å². The molecule has 0 spiro atoms. The quantitative estimate of drug-likeness (QED) is 0.453. The molecule has 1 N–H and O–H groups in total. The second kappa shape index (κ2) is 9.17. The van der Waals surface area contributed by atoms with Gasteiger partial charge in [0.2, 0.25) is 0 Å². The molecule has 0 aromatic heterocycles. The Bertz CT molecular complexity index is 676. The van der Waals surface area contributed by atoms with E-state index in [9.17, 15) is 19.7 Å². The number of carbonyl (C=O) groups is 2. The molecule has 1 amide bonds. The van der Waals surface area contributed by atoms with Crippen LogP contribution in [0.4, 0.5) is 5.69 Å². The van der Waals surface area contributed by atoms with Crippen molar-refractivity contribution < 1.29 is 24.0 Å². The van der Waals surface area contributed by atoms with Crippen LogP contribution in [0.15, 0.2) is 18.2 Å². The molecule has 0 radical (unpaired) electrons. The molecular formula is C18H24N2O6. The Hall–Kier alpha value is -2.64. The zero-order valence-corrected chi connectivity index (χ0v) is 15.0. The van der Waals surface area contributed by atoms with Gasteiger partial charge in [-0.25, -0.2) is 4.79 Å². The van der Waals surface area contributed by atoms with Crippen LogP contribution >= 0.6 is 0 Å². The van der Waals surface area contributed by atoms with Gasteiger partial charge < -0.3 is 14.8 Å². The topological polar surface area (TPSA) is 108 Å². The molecule has 0 aliphatic heterocycles. The Balaban J connectivity index is 1.93. The molecular weight excluding hydrogens is 340 g/mol. The van der Waals surface area contributed by atoms with Gasteiger partial charge in [0.15, 0.2) is 12.4 Å². The molecule has 8 heteroatoms. The smallest absolute Gasteiger partial charge is 0.338 e. The van der Waals surface area contributed by atoms with Crippen LogP contribution in [-0.4, -0.2) is 36.1 Å². The van der Waals surface area contributed by atoms with Gasteiger partial charge in [-0.15, -0.1) is 0 Å². The Morgan fingerprint density at radius 3 is 2.69 bits per heavy atom. The fourth-order valence-corrected chi connectivity index (χ4v) is 3.06.